The summed E-state index contributed by atoms with van der Waals surface area (Å²) in [5, 5.41) is 9.90. The Bertz CT molecular complexity index is 1320. The van der Waals surface area contributed by atoms with E-state index in [0.29, 0.717) is 38.1 Å². The van der Waals surface area contributed by atoms with Crippen molar-refractivity contribution >= 4 is 23.5 Å². The number of Topliss-reactive ketones (excluding diaryl/α,β-unsaturated/α-hetero) is 1. The topological polar surface area (TPSA) is 90.7 Å². The fourth-order valence-corrected chi connectivity index (χ4v) is 6.24. The number of likely N-dealkylation sites (tertiary alicyclic amines) is 1. The molecule has 0 N–H and O–H groups in total. The minimum Gasteiger partial charge on any atom is -0.444 e. The largest absolute Gasteiger partial charge is 0.444 e. The average molecular weight is 514 g/mol. The third kappa shape index (κ3) is 4.80. The fourth-order valence-electron chi connectivity index (χ4n) is 6.24. The molecule has 2 aliphatic heterocycles. The van der Waals surface area contributed by atoms with Crippen molar-refractivity contribution in [2.24, 2.45) is 11.8 Å². The van der Waals surface area contributed by atoms with Gasteiger partial charge in [0.2, 0.25) is 5.91 Å². The van der Waals surface area contributed by atoms with Gasteiger partial charge in [0.05, 0.1) is 18.4 Å². The van der Waals surface area contributed by atoms with Crippen molar-refractivity contribution in [3.63, 3.8) is 0 Å². The van der Waals surface area contributed by atoms with Gasteiger partial charge in [0, 0.05) is 25.7 Å². The molecule has 5 rings (SSSR count). The average Bonchev–Trinajstić information content (AvgIpc) is 3.55. The molecule has 1 aliphatic carbocycles. The van der Waals surface area contributed by atoms with E-state index in [0.717, 1.165) is 34.4 Å². The molecule has 0 unspecified atom stereocenters. The highest BCUT2D eigenvalue weighted by Gasteiger charge is 2.57. The molecule has 2 amide bonds. The Balaban J connectivity index is 1.26. The number of carbonyl (C=O) groups excluding carboxylic acids is 3. The summed E-state index contributed by atoms with van der Waals surface area (Å²) in [4.78, 5) is 41.9. The fraction of sp³-hybridized carbons (Fsp3) is 0.484. The first kappa shape index (κ1) is 26.0. The maximum Gasteiger partial charge on any atom is 0.411 e. The van der Waals surface area contributed by atoms with Gasteiger partial charge in [-0.05, 0) is 80.7 Å². The maximum absolute atomic E-state index is 13.6. The zero-order chi connectivity index (χ0) is 27.2. The number of hydrogen-bond donors (Lipinski definition) is 0. The molecule has 38 heavy (non-hydrogen) atoms. The van der Waals surface area contributed by atoms with Crippen LogP contribution in [0, 0.1) is 23.2 Å². The van der Waals surface area contributed by atoms with Crippen molar-refractivity contribution in [2.45, 2.75) is 70.4 Å². The van der Waals surface area contributed by atoms with Crippen LogP contribution in [-0.4, -0.2) is 47.4 Å². The summed E-state index contributed by atoms with van der Waals surface area (Å²) < 4.78 is 5.61. The van der Waals surface area contributed by atoms with Crippen molar-refractivity contribution in [3.8, 4) is 17.2 Å². The molecule has 2 heterocycles. The van der Waals surface area contributed by atoms with Crippen LogP contribution in [0.3, 0.4) is 0 Å². The second-order valence-corrected chi connectivity index (χ2v) is 12.1. The zero-order valence-corrected chi connectivity index (χ0v) is 22.6. The lowest BCUT2D eigenvalue weighted by atomic mass is 9.84. The van der Waals surface area contributed by atoms with Crippen molar-refractivity contribution in [3.05, 3.63) is 53.6 Å². The van der Waals surface area contributed by atoms with Gasteiger partial charge in [-0.3, -0.25) is 14.5 Å². The molecular formula is C31H35N3O4. The number of nitriles is 1. The third-order valence-electron chi connectivity index (χ3n) is 8.23. The highest BCUT2D eigenvalue weighted by atomic mass is 16.6. The first-order chi connectivity index (χ1) is 18.0. The monoisotopic (exact) mass is 513 g/mol. The molecule has 3 aliphatic rings. The summed E-state index contributed by atoms with van der Waals surface area (Å²) in [5.74, 6) is -0.0772. The minimum absolute atomic E-state index is 0.0247. The number of hydrogen-bond acceptors (Lipinski definition) is 5. The van der Waals surface area contributed by atoms with Gasteiger partial charge in [-0.1, -0.05) is 36.4 Å². The van der Waals surface area contributed by atoms with Crippen LogP contribution >= 0.6 is 0 Å². The van der Waals surface area contributed by atoms with Crippen LogP contribution in [0.15, 0.2) is 42.5 Å². The van der Waals surface area contributed by atoms with E-state index >= 15 is 0 Å². The highest BCUT2D eigenvalue weighted by molar-refractivity contribution is 6.01. The summed E-state index contributed by atoms with van der Waals surface area (Å²) >= 11 is 0. The van der Waals surface area contributed by atoms with E-state index in [2.05, 4.69) is 6.07 Å². The maximum atomic E-state index is 13.6. The molecule has 0 spiro atoms. The Hall–Kier alpha value is -3.66. The van der Waals surface area contributed by atoms with Gasteiger partial charge in [-0.25, -0.2) is 4.79 Å². The van der Waals surface area contributed by atoms with Crippen molar-refractivity contribution < 1.29 is 19.1 Å². The summed E-state index contributed by atoms with van der Waals surface area (Å²) in [6, 6.07) is 16.4. The van der Waals surface area contributed by atoms with Crippen molar-refractivity contribution in [2.75, 3.05) is 18.5 Å². The summed E-state index contributed by atoms with van der Waals surface area (Å²) in [6.07, 6.45) is 2.83. The number of carbonyl (C=O) groups is 3. The van der Waals surface area contributed by atoms with E-state index in [1.165, 1.54) is 0 Å². The van der Waals surface area contributed by atoms with Gasteiger partial charge < -0.3 is 9.64 Å². The first-order valence-corrected chi connectivity index (χ1v) is 13.4. The first-order valence-electron chi connectivity index (χ1n) is 13.4. The van der Waals surface area contributed by atoms with Crippen LogP contribution < -0.4 is 4.90 Å². The molecule has 2 fully saturated rings. The quantitative estimate of drug-likeness (QED) is 0.523. The number of rotatable bonds is 6. The number of amides is 2. The number of fused-ring (bicyclic) bond motifs is 3. The van der Waals surface area contributed by atoms with Crippen LogP contribution in [0.5, 0.6) is 0 Å². The zero-order valence-electron chi connectivity index (χ0n) is 22.6. The van der Waals surface area contributed by atoms with Gasteiger partial charge in [-0.15, -0.1) is 0 Å². The Morgan fingerprint density at radius 3 is 2.53 bits per heavy atom. The molecule has 0 radical (unpaired) electrons. The van der Waals surface area contributed by atoms with E-state index in [1.54, 1.807) is 16.8 Å². The van der Waals surface area contributed by atoms with Crippen molar-refractivity contribution in [1.29, 1.82) is 5.26 Å². The Kier molecular flexibility index (Phi) is 6.54. The molecule has 3 atom stereocenters. The molecule has 0 aromatic heterocycles. The third-order valence-corrected chi connectivity index (χ3v) is 8.23. The number of nitrogens with zero attached hydrogens (tertiary/aromatic N) is 3. The van der Waals surface area contributed by atoms with Crippen LogP contribution in [-0.2, 0) is 27.2 Å². The van der Waals surface area contributed by atoms with Gasteiger partial charge in [0.25, 0.3) is 0 Å². The minimum atomic E-state index is -0.839. The van der Waals surface area contributed by atoms with Crippen LogP contribution in [0.1, 0.15) is 57.6 Å². The number of ether oxygens (including phenoxy) is 1. The van der Waals surface area contributed by atoms with E-state index in [9.17, 15) is 19.6 Å². The Labute approximate surface area is 224 Å². The van der Waals surface area contributed by atoms with Crippen LogP contribution in [0.4, 0.5) is 10.5 Å². The molecule has 1 saturated heterocycles. The summed E-state index contributed by atoms with van der Waals surface area (Å²) in [6.45, 7) is 6.03. The summed E-state index contributed by atoms with van der Waals surface area (Å²) in [7, 11) is 1.80. The molecule has 7 heteroatoms. The second kappa shape index (κ2) is 9.58. The summed E-state index contributed by atoms with van der Waals surface area (Å²) in [5.41, 5.74) is 3.57. The van der Waals surface area contributed by atoms with Gasteiger partial charge in [0.1, 0.15) is 11.1 Å². The molecule has 2 aromatic rings. The van der Waals surface area contributed by atoms with Gasteiger partial charge in [0.15, 0.2) is 5.78 Å². The lowest BCUT2D eigenvalue weighted by Crippen LogP contribution is -2.54. The lowest BCUT2D eigenvalue weighted by Gasteiger charge is -2.38. The Morgan fingerprint density at radius 1 is 1.16 bits per heavy atom. The number of ketones is 1. The molecule has 198 valence electrons. The van der Waals surface area contributed by atoms with E-state index < -0.39 is 23.2 Å². The molecule has 2 bridgehead atoms. The molecule has 1 saturated carbocycles. The lowest BCUT2D eigenvalue weighted by molar-refractivity contribution is -0.130. The SMILES string of the molecule is CN1C(=O)Cc2ccc(-c3ccc(C[C@@H](C#N)CC(=O)[C@]45CC[C@@H](CN4C(=O)OC(C)(C)C)C5)cc3)cc21. The number of benzene rings is 2. The smallest absolute Gasteiger partial charge is 0.411 e. The van der Waals surface area contributed by atoms with Crippen molar-refractivity contribution in [1.82, 2.24) is 4.90 Å². The molecular weight excluding hydrogens is 478 g/mol. The predicted molar refractivity (Wildman–Crippen MR) is 144 cm³/mol. The van der Waals surface area contributed by atoms with E-state index in [-0.39, 0.29) is 18.1 Å². The predicted octanol–water partition coefficient (Wildman–Crippen LogP) is 5.30. The second-order valence-electron chi connectivity index (χ2n) is 12.1. The van der Waals surface area contributed by atoms with E-state index in [1.807, 2.05) is 63.2 Å². The van der Waals surface area contributed by atoms with E-state index in [4.69, 9.17) is 4.74 Å². The Morgan fingerprint density at radius 2 is 1.87 bits per heavy atom. The van der Waals surface area contributed by atoms with Crippen LogP contribution in [0.25, 0.3) is 11.1 Å². The van der Waals surface area contributed by atoms with Crippen LogP contribution in [0.2, 0.25) is 0 Å². The van der Waals surface area contributed by atoms with Gasteiger partial charge >= 0.3 is 6.09 Å². The normalized spacial score (nSPS) is 22.8. The standard InChI is InChI=1S/C31H35N3O4/c1-30(2,3)38-29(37)34-19-21-11-12-31(34,17-21)27(35)14-22(18-32)13-20-5-7-23(8-6-20)24-9-10-25-16-28(36)33(4)26(25)15-24/h5-10,15,21-22H,11-14,16-17,19H2,1-4H3/t21-,22-,31-/m1/s1. The number of anilines is 1. The molecule has 7 nitrogen and oxygen atoms in total. The van der Waals surface area contributed by atoms with Gasteiger partial charge in [-0.2, -0.15) is 5.26 Å². The number of likely N-dealkylation sites (N-methyl/N-ethyl adjacent to an activating group) is 1. The highest BCUT2D eigenvalue weighted by Crippen LogP contribution is 2.48. The molecule has 2 aromatic carbocycles. The number of piperidine rings is 1.